The van der Waals surface area contributed by atoms with Crippen molar-refractivity contribution in [3.05, 3.63) is 64.9 Å². The molecule has 1 aromatic heterocycles. The number of nitrogens with one attached hydrogen (secondary N) is 1. The second-order valence-electron chi connectivity index (χ2n) is 5.15. The molecule has 1 aromatic carbocycles. The molecule has 130 valence electrons. The third-order valence-corrected chi connectivity index (χ3v) is 3.60. The van der Waals surface area contributed by atoms with Crippen LogP contribution < -0.4 is 5.32 Å². The number of aromatic nitrogens is 1. The first-order chi connectivity index (χ1) is 12.0. The highest BCUT2D eigenvalue weighted by Gasteiger charge is 2.26. The van der Waals surface area contributed by atoms with Crippen LogP contribution in [0.25, 0.3) is 0 Å². The van der Waals surface area contributed by atoms with Gasteiger partial charge < -0.3 is 10.1 Å². The molecule has 2 aromatic rings. The van der Waals surface area contributed by atoms with Crippen molar-refractivity contribution in [3.63, 3.8) is 0 Å². The Kier molecular flexibility index (Phi) is 6.65. The largest absolute Gasteiger partial charge is 0.466 e. The molecule has 0 bridgehead atoms. The van der Waals surface area contributed by atoms with Crippen LogP contribution in [0.4, 0.5) is 0 Å². The van der Waals surface area contributed by atoms with Crippen LogP contribution in [0.2, 0.25) is 5.02 Å². The number of benzene rings is 1. The van der Waals surface area contributed by atoms with Crippen molar-refractivity contribution in [2.45, 2.75) is 19.4 Å². The van der Waals surface area contributed by atoms with Crippen LogP contribution in [0.3, 0.4) is 0 Å². The number of halogens is 1. The van der Waals surface area contributed by atoms with Crippen LogP contribution in [0, 0.1) is 0 Å². The number of nitrogens with zero attached hydrogens (tertiary/aromatic N) is 1. The molecule has 1 N–H and O–H groups in total. The van der Waals surface area contributed by atoms with Gasteiger partial charge in [-0.25, -0.2) is 0 Å². The van der Waals surface area contributed by atoms with E-state index in [2.05, 4.69) is 10.3 Å². The molecule has 0 aliphatic heterocycles. The number of hydrogen-bond acceptors (Lipinski definition) is 5. The Morgan fingerprint density at radius 2 is 1.88 bits per heavy atom. The molecule has 0 spiro atoms. The van der Waals surface area contributed by atoms with Gasteiger partial charge in [0.1, 0.15) is 6.04 Å². The van der Waals surface area contributed by atoms with Crippen molar-refractivity contribution in [1.29, 1.82) is 0 Å². The molecule has 1 amide bonds. The maximum absolute atomic E-state index is 12.6. The number of Topliss-reactive ketones (excluding diaryl/α,β-unsaturated/α-hetero) is 1. The van der Waals surface area contributed by atoms with Crippen molar-refractivity contribution >= 4 is 29.3 Å². The molecular weight excluding hydrogens is 344 g/mol. The van der Waals surface area contributed by atoms with Crippen molar-refractivity contribution in [3.8, 4) is 0 Å². The summed E-state index contributed by atoms with van der Waals surface area (Å²) in [6.45, 7) is 1.86. The third-order valence-electron chi connectivity index (χ3n) is 3.35. The minimum absolute atomic E-state index is 0.192. The second-order valence-corrected chi connectivity index (χ2v) is 5.58. The van der Waals surface area contributed by atoms with Crippen molar-refractivity contribution in [2.24, 2.45) is 0 Å². The van der Waals surface area contributed by atoms with E-state index in [0.29, 0.717) is 16.1 Å². The van der Waals surface area contributed by atoms with Gasteiger partial charge in [0.2, 0.25) is 0 Å². The van der Waals surface area contributed by atoms with Gasteiger partial charge in [-0.05, 0) is 43.3 Å². The molecule has 0 fully saturated rings. The van der Waals surface area contributed by atoms with Crippen molar-refractivity contribution in [2.75, 3.05) is 6.61 Å². The maximum Gasteiger partial charge on any atom is 0.308 e. The number of carbonyl (C=O) groups excluding carboxylic acids is 3. The molecule has 0 aliphatic rings. The minimum atomic E-state index is -1.05. The quantitative estimate of drug-likeness (QED) is 0.606. The highest BCUT2D eigenvalue weighted by atomic mass is 35.5. The number of carbonyl (C=O) groups is 3. The summed E-state index contributed by atoms with van der Waals surface area (Å²) in [6.07, 6.45) is 2.65. The molecule has 2 rings (SSSR count). The highest BCUT2D eigenvalue weighted by Crippen LogP contribution is 2.11. The standard InChI is InChI=1S/C18H17ClN2O4/c1-2-25-16(22)10-15(17(23)13-4-3-9-20-11-13)21-18(24)12-5-7-14(19)8-6-12/h3-9,11,15H,2,10H2,1H3,(H,21,24). The zero-order valence-corrected chi connectivity index (χ0v) is 14.3. The van der Waals surface area contributed by atoms with E-state index in [4.69, 9.17) is 16.3 Å². The van der Waals surface area contributed by atoms with E-state index < -0.39 is 23.7 Å². The smallest absolute Gasteiger partial charge is 0.308 e. The first-order valence-electron chi connectivity index (χ1n) is 7.67. The zero-order chi connectivity index (χ0) is 18.2. The van der Waals surface area contributed by atoms with Gasteiger partial charge in [0.15, 0.2) is 5.78 Å². The van der Waals surface area contributed by atoms with E-state index in [1.165, 1.54) is 24.5 Å². The molecule has 7 heteroatoms. The first kappa shape index (κ1) is 18.6. The summed E-state index contributed by atoms with van der Waals surface area (Å²) < 4.78 is 4.89. The van der Waals surface area contributed by atoms with Gasteiger partial charge in [-0.15, -0.1) is 0 Å². The Balaban J connectivity index is 2.18. The van der Waals surface area contributed by atoms with Crippen LogP contribution in [0.5, 0.6) is 0 Å². The lowest BCUT2D eigenvalue weighted by atomic mass is 10.0. The topological polar surface area (TPSA) is 85.4 Å². The Morgan fingerprint density at radius 1 is 1.16 bits per heavy atom. The number of ketones is 1. The van der Waals surface area contributed by atoms with Gasteiger partial charge in [0, 0.05) is 28.5 Å². The molecule has 1 heterocycles. The summed E-state index contributed by atoms with van der Waals surface area (Å²) in [6, 6.07) is 8.34. The lowest BCUT2D eigenvalue weighted by molar-refractivity contribution is -0.143. The van der Waals surface area contributed by atoms with E-state index in [9.17, 15) is 14.4 Å². The van der Waals surface area contributed by atoms with Gasteiger partial charge >= 0.3 is 5.97 Å². The fourth-order valence-electron chi connectivity index (χ4n) is 2.15. The second kappa shape index (κ2) is 8.94. The van der Waals surface area contributed by atoms with Crippen LogP contribution >= 0.6 is 11.6 Å². The fraction of sp³-hybridized carbons (Fsp3) is 0.222. The Hall–Kier alpha value is -2.73. The van der Waals surface area contributed by atoms with Crippen molar-refractivity contribution < 1.29 is 19.1 Å². The SMILES string of the molecule is CCOC(=O)CC(NC(=O)c1ccc(Cl)cc1)C(=O)c1cccnc1. The molecule has 0 saturated heterocycles. The monoisotopic (exact) mass is 360 g/mol. The maximum atomic E-state index is 12.6. The van der Waals surface area contributed by atoms with Crippen molar-refractivity contribution in [1.82, 2.24) is 10.3 Å². The predicted molar refractivity (Wildman–Crippen MR) is 92.5 cm³/mol. The van der Waals surface area contributed by atoms with Crippen LogP contribution in [0.15, 0.2) is 48.8 Å². The van der Waals surface area contributed by atoms with E-state index in [0.717, 1.165) is 0 Å². The third kappa shape index (κ3) is 5.39. The van der Waals surface area contributed by atoms with E-state index in [1.54, 1.807) is 31.2 Å². The van der Waals surface area contributed by atoms with Gasteiger partial charge in [0.05, 0.1) is 13.0 Å². The molecule has 1 atom stereocenters. The van der Waals surface area contributed by atoms with E-state index in [1.807, 2.05) is 0 Å². The summed E-state index contributed by atoms with van der Waals surface area (Å²) in [5.41, 5.74) is 0.630. The average Bonchev–Trinajstić information content (AvgIpc) is 2.62. The summed E-state index contributed by atoms with van der Waals surface area (Å²) in [5.74, 6) is -1.46. The highest BCUT2D eigenvalue weighted by molar-refractivity contribution is 6.30. The summed E-state index contributed by atoms with van der Waals surface area (Å²) in [7, 11) is 0. The molecular formula is C18H17ClN2O4. The molecule has 6 nitrogen and oxygen atoms in total. The summed E-state index contributed by atoms with van der Waals surface area (Å²) >= 11 is 5.80. The Labute approximate surface area is 150 Å². The molecule has 1 unspecified atom stereocenters. The first-order valence-corrected chi connectivity index (χ1v) is 8.05. The number of pyridine rings is 1. The Bertz CT molecular complexity index is 747. The zero-order valence-electron chi connectivity index (χ0n) is 13.6. The van der Waals surface area contributed by atoms with Crippen LogP contribution in [0.1, 0.15) is 34.1 Å². The minimum Gasteiger partial charge on any atom is -0.466 e. The van der Waals surface area contributed by atoms with Crippen LogP contribution in [-0.2, 0) is 9.53 Å². The lowest BCUT2D eigenvalue weighted by Gasteiger charge is -2.17. The molecule has 0 radical (unpaired) electrons. The fourth-order valence-corrected chi connectivity index (χ4v) is 2.27. The predicted octanol–water partition coefficient (Wildman–Crippen LogP) is 2.67. The van der Waals surface area contributed by atoms with Crippen LogP contribution in [-0.4, -0.2) is 35.3 Å². The van der Waals surface area contributed by atoms with Gasteiger partial charge in [0.25, 0.3) is 5.91 Å². The number of esters is 1. The van der Waals surface area contributed by atoms with E-state index in [-0.39, 0.29) is 13.0 Å². The number of ether oxygens (including phenoxy) is 1. The number of rotatable bonds is 7. The number of hydrogen-bond donors (Lipinski definition) is 1. The average molecular weight is 361 g/mol. The van der Waals surface area contributed by atoms with Gasteiger partial charge in [-0.2, -0.15) is 0 Å². The Morgan fingerprint density at radius 3 is 2.48 bits per heavy atom. The summed E-state index contributed by atoms with van der Waals surface area (Å²) in [5, 5.41) is 3.07. The molecule has 0 saturated carbocycles. The number of amides is 1. The van der Waals surface area contributed by atoms with Gasteiger partial charge in [-0.3, -0.25) is 19.4 Å². The molecule has 0 aliphatic carbocycles. The normalized spacial score (nSPS) is 11.4. The van der Waals surface area contributed by atoms with Gasteiger partial charge in [-0.1, -0.05) is 11.6 Å². The summed E-state index contributed by atoms with van der Waals surface area (Å²) in [4.78, 5) is 40.7. The molecule has 25 heavy (non-hydrogen) atoms. The lowest BCUT2D eigenvalue weighted by Crippen LogP contribution is -2.42. The van der Waals surface area contributed by atoms with E-state index >= 15 is 0 Å².